The van der Waals surface area contributed by atoms with E-state index in [-0.39, 0.29) is 11.8 Å². The lowest BCUT2D eigenvalue weighted by Gasteiger charge is -2.29. The SMILES string of the molecule is Cc1cc(C)c(-c2cc(C(=O)N(CCC(=O)N3CCCCC3)CC(C)C)no2)c(C)c1. The number of likely N-dealkylation sites (tertiary alicyclic amines) is 1. The van der Waals surface area contributed by atoms with Crippen LogP contribution < -0.4 is 0 Å². The van der Waals surface area contributed by atoms with Gasteiger partial charge in [0.1, 0.15) is 0 Å². The first-order valence-corrected chi connectivity index (χ1v) is 11.4. The van der Waals surface area contributed by atoms with E-state index >= 15 is 0 Å². The zero-order valence-electron chi connectivity index (χ0n) is 19.5. The molecule has 2 amide bonds. The van der Waals surface area contributed by atoms with Crippen molar-refractivity contribution >= 4 is 11.8 Å². The average molecular weight is 426 g/mol. The monoisotopic (exact) mass is 425 g/mol. The van der Waals surface area contributed by atoms with Crippen molar-refractivity contribution in [1.82, 2.24) is 15.0 Å². The number of hydrogen-bond donors (Lipinski definition) is 0. The molecule has 2 aromatic rings. The topological polar surface area (TPSA) is 66.7 Å². The Labute approximate surface area is 185 Å². The molecule has 0 bridgehead atoms. The van der Waals surface area contributed by atoms with Crippen LogP contribution in [0.5, 0.6) is 0 Å². The summed E-state index contributed by atoms with van der Waals surface area (Å²) in [6.45, 7) is 12.9. The van der Waals surface area contributed by atoms with E-state index in [2.05, 4.69) is 38.1 Å². The molecule has 168 valence electrons. The highest BCUT2D eigenvalue weighted by atomic mass is 16.5. The maximum Gasteiger partial charge on any atom is 0.276 e. The molecule has 6 heteroatoms. The number of aryl methyl sites for hydroxylation is 3. The number of carbonyl (C=O) groups excluding carboxylic acids is 2. The lowest BCUT2D eigenvalue weighted by Crippen LogP contribution is -2.40. The lowest BCUT2D eigenvalue weighted by molar-refractivity contribution is -0.132. The highest BCUT2D eigenvalue weighted by molar-refractivity contribution is 5.93. The normalized spacial score (nSPS) is 14.2. The summed E-state index contributed by atoms with van der Waals surface area (Å²) in [6.07, 6.45) is 3.68. The molecule has 0 unspecified atom stereocenters. The van der Waals surface area contributed by atoms with Gasteiger partial charge < -0.3 is 14.3 Å². The Morgan fingerprint density at radius 3 is 2.32 bits per heavy atom. The third kappa shape index (κ3) is 5.75. The van der Waals surface area contributed by atoms with Gasteiger partial charge >= 0.3 is 0 Å². The minimum absolute atomic E-state index is 0.132. The molecule has 1 saturated heterocycles. The van der Waals surface area contributed by atoms with Crippen LogP contribution in [-0.4, -0.2) is 52.9 Å². The van der Waals surface area contributed by atoms with Crippen LogP contribution in [0.4, 0.5) is 0 Å². The third-order valence-corrected chi connectivity index (χ3v) is 5.83. The number of aromatic nitrogens is 1. The molecule has 6 nitrogen and oxygen atoms in total. The summed E-state index contributed by atoms with van der Waals surface area (Å²) in [5.41, 5.74) is 4.65. The first-order chi connectivity index (χ1) is 14.8. The first-order valence-electron chi connectivity index (χ1n) is 11.4. The van der Waals surface area contributed by atoms with Crippen molar-refractivity contribution in [3.63, 3.8) is 0 Å². The number of hydrogen-bond acceptors (Lipinski definition) is 4. The Kier molecular flexibility index (Phi) is 7.52. The van der Waals surface area contributed by atoms with Crippen LogP contribution in [0.1, 0.15) is 66.7 Å². The van der Waals surface area contributed by atoms with E-state index in [1.165, 1.54) is 12.0 Å². The minimum atomic E-state index is -0.183. The van der Waals surface area contributed by atoms with E-state index in [1.807, 2.05) is 18.7 Å². The molecule has 0 radical (unpaired) electrons. The largest absolute Gasteiger partial charge is 0.355 e. The van der Waals surface area contributed by atoms with Gasteiger partial charge in [0.2, 0.25) is 5.91 Å². The molecule has 1 aromatic carbocycles. The quantitative estimate of drug-likeness (QED) is 0.641. The van der Waals surface area contributed by atoms with Crippen molar-refractivity contribution in [3.05, 3.63) is 40.6 Å². The van der Waals surface area contributed by atoms with Gasteiger partial charge in [-0.2, -0.15) is 0 Å². The fourth-order valence-corrected chi connectivity index (χ4v) is 4.47. The molecular weight excluding hydrogens is 390 g/mol. The van der Waals surface area contributed by atoms with Crippen molar-refractivity contribution in [3.8, 4) is 11.3 Å². The van der Waals surface area contributed by atoms with Gasteiger partial charge in [-0.3, -0.25) is 9.59 Å². The average Bonchev–Trinajstić information content (AvgIpc) is 3.19. The van der Waals surface area contributed by atoms with E-state index in [1.54, 1.807) is 11.0 Å². The van der Waals surface area contributed by atoms with Gasteiger partial charge in [-0.25, -0.2) is 0 Å². The van der Waals surface area contributed by atoms with Crippen molar-refractivity contribution in [2.24, 2.45) is 5.92 Å². The molecule has 1 aliphatic heterocycles. The Balaban J connectivity index is 1.74. The maximum absolute atomic E-state index is 13.2. The zero-order valence-corrected chi connectivity index (χ0v) is 19.5. The fourth-order valence-electron chi connectivity index (χ4n) is 4.47. The van der Waals surface area contributed by atoms with Gasteiger partial charge in [-0.05, 0) is 57.1 Å². The highest BCUT2D eigenvalue weighted by Gasteiger charge is 2.24. The number of nitrogens with zero attached hydrogens (tertiary/aromatic N) is 3. The number of carbonyl (C=O) groups is 2. The van der Waals surface area contributed by atoms with Crippen LogP contribution >= 0.6 is 0 Å². The predicted octanol–water partition coefficient (Wildman–Crippen LogP) is 4.77. The summed E-state index contributed by atoms with van der Waals surface area (Å²) >= 11 is 0. The van der Waals surface area contributed by atoms with Crippen molar-refractivity contribution in [2.75, 3.05) is 26.2 Å². The summed E-state index contributed by atoms with van der Waals surface area (Å²) in [6, 6.07) is 5.93. The molecule has 0 N–H and O–H groups in total. The predicted molar refractivity (Wildman–Crippen MR) is 122 cm³/mol. The van der Waals surface area contributed by atoms with E-state index in [0.717, 1.165) is 42.6 Å². The van der Waals surface area contributed by atoms with E-state index in [4.69, 9.17) is 4.52 Å². The van der Waals surface area contributed by atoms with Crippen molar-refractivity contribution < 1.29 is 14.1 Å². The van der Waals surface area contributed by atoms with Crippen LogP contribution in [0.15, 0.2) is 22.7 Å². The highest BCUT2D eigenvalue weighted by Crippen LogP contribution is 2.29. The second-order valence-corrected chi connectivity index (χ2v) is 9.19. The van der Waals surface area contributed by atoms with Gasteiger partial charge in [0, 0.05) is 44.2 Å². The minimum Gasteiger partial charge on any atom is -0.355 e. The number of benzene rings is 1. The molecule has 2 heterocycles. The standard InChI is InChI=1S/C25H35N3O3/c1-17(2)16-28(12-9-23(29)27-10-7-6-8-11-27)25(30)21-15-22(31-26-21)24-19(4)13-18(3)14-20(24)5/h13-15,17H,6-12,16H2,1-5H3. The summed E-state index contributed by atoms with van der Waals surface area (Å²) in [7, 11) is 0. The van der Waals surface area contributed by atoms with Gasteiger partial charge in [0.15, 0.2) is 11.5 Å². The smallest absolute Gasteiger partial charge is 0.276 e. The Morgan fingerprint density at radius 2 is 1.71 bits per heavy atom. The molecule has 0 atom stereocenters. The van der Waals surface area contributed by atoms with Gasteiger partial charge in [-0.1, -0.05) is 36.7 Å². The Bertz CT molecular complexity index is 903. The molecule has 0 saturated carbocycles. The van der Waals surface area contributed by atoms with Crippen LogP contribution in [0.25, 0.3) is 11.3 Å². The third-order valence-electron chi connectivity index (χ3n) is 5.83. The molecule has 1 aromatic heterocycles. The van der Waals surface area contributed by atoms with E-state index in [9.17, 15) is 9.59 Å². The molecule has 1 aliphatic rings. The molecule has 1 fully saturated rings. The Hall–Kier alpha value is -2.63. The molecule has 0 aliphatic carbocycles. The lowest BCUT2D eigenvalue weighted by atomic mass is 9.98. The maximum atomic E-state index is 13.2. The van der Waals surface area contributed by atoms with Crippen molar-refractivity contribution in [1.29, 1.82) is 0 Å². The molecule has 31 heavy (non-hydrogen) atoms. The van der Waals surface area contributed by atoms with Crippen LogP contribution in [0, 0.1) is 26.7 Å². The zero-order chi connectivity index (χ0) is 22.5. The number of rotatable bonds is 7. The van der Waals surface area contributed by atoms with E-state index in [0.29, 0.717) is 36.9 Å². The van der Waals surface area contributed by atoms with Gasteiger partial charge in [-0.15, -0.1) is 0 Å². The van der Waals surface area contributed by atoms with E-state index < -0.39 is 0 Å². The molecule has 3 rings (SSSR count). The molecular formula is C25H35N3O3. The van der Waals surface area contributed by atoms with Crippen LogP contribution in [0.3, 0.4) is 0 Å². The summed E-state index contributed by atoms with van der Waals surface area (Å²) in [5.74, 6) is 0.847. The second kappa shape index (κ2) is 10.1. The summed E-state index contributed by atoms with van der Waals surface area (Å²) in [4.78, 5) is 29.5. The van der Waals surface area contributed by atoms with Crippen molar-refractivity contribution in [2.45, 2.75) is 60.3 Å². The number of piperidine rings is 1. The van der Waals surface area contributed by atoms with Crippen LogP contribution in [-0.2, 0) is 4.79 Å². The summed E-state index contributed by atoms with van der Waals surface area (Å²) in [5, 5.41) is 4.08. The second-order valence-electron chi connectivity index (χ2n) is 9.19. The first kappa shape index (κ1) is 23.0. The Morgan fingerprint density at radius 1 is 1.06 bits per heavy atom. The fraction of sp³-hybridized carbons (Fsp3) is 0.560. The van der Waals surface area contributed by atoms with Crippen LogP contribution in [0.2, 0.25) is 0 Å². The molecule has 0 spiro atoms. The van der Waals surface area contributed by atoms with Gasteiger partial charge in [0.05, 0.1) is 0 Å². The van der Waals surface area contributed by atoms with Gasteiger partial charge in [0.25, 0.3) is 5.91 Å². The summed E-state index contributed by atoms with van der Waals surface area (Å²) < 4.78 is 5.58. The number of amides is 2.